The fourth-order valence-corrected chi connectivity index (χ4v) is 1.92. The van der Waals surface area contributed by atoms with E-state index >= 15 is 0 Å². The molecule has 0 aliphatic heterocycles. The molecule has 0 unspecified atom stereocenters. The Labute approximate surface area is 129 Å². The van der Waals surface area contributed by atoms with Crippen molar-refractivity contribution in [2.75, 3.05) is 0 Å². The van der Waals surface area contributed by atoms with Crippen molar-refractivity contribution in [1.29, 1.82) is 0 Å². The van der Waals surface area contributed by atoms with Gasteiger partial charge >= 0.3 is 0 Å². The van der Waals surface area contributed by atoms with Crippen molar-refractivity contribution in [1.82, 2.24) is 5.32 Å². The lowest BCUT2D eigenvalue weighted by Crippen LogP contribution is -2.38. The SMILES string of the molecule is C[C@H](NCc1cccc(COc2ccccc2F)c1)C(N)=O. The smallest absolute Gasteiger partial charge is 0.234 e. The summed E-state index contributed by atoms with van der Waals surface area (Å²) in [6.07, 6.45) is 0. The first-order valence-electron chi connectivity index (χ1n) is 7.04. The first-order valence-corrected chi connectivity index (χ1v) is 7.04. The molecule has 0 heterocycles. The molecule has 2 rings (SSSR count). The summed E-state index contributed by atoms with van der Waals surface area (Å²) in [5.41, 5.74) is 7.13. The minimum Gasteiger partial charge on any atom is -0.486 e. The van der Waals surface area contributed by atoms with Gasteiger partial charge in [-0.1, -0.05) is 36.4 Å². The van der Waals surface area contributed by atoms with Crippen LogP contribution < -0.4 is 15.8 Å². The fraction of sp³-hybridized carbons (Fsp3) is 0.235. The summed E-state index contributed by atoms with van der Waals surface area (Å²) in [6, 6.07) is 13.6. The van der Waals surface area contributed by atoms with Crippen LogP contribution in [0.15, 0.2) is 48.5 Å². The number of nitrogens with two attached hydrogens (primary N) is 1. The minimum absolute atomic E-state index is 0.230. The molecule has 0 aliphatic carbocycles. The summed E-state index contributed by atoms with van der Waals surface area (Å²) in [5, 5.41) is 3.03. The van der Waals surface area contributed by atoms with Gasteiger partial charge < -0.3 is 15.8 Å². The number of ether oxygens (including phenoxy) is 1. The molecular formula is C17H19FN2O2. The molecule has 3 N–H and O–H groups in total. The molecule has 0 aromatic heterocycles. The number of nitrogens with one attached hydrogen (secondary N) is 1. The van der Waals surface area contributed by atoms with E-state index in [-0.39, 0.29) is 24.1 Å². The number of rotatable bonds is 7. The van der Waals surface area contributed by atoms with E-state index in [0.29, 0.717) is 6.54 Å². The van der Waals surface area contributed by atoms with Crippen molar-refractivity contribution in [3.8, 4) is 5.75 Å². The van der Waals surface area contributed by atoms with Crippen LogP contribution in [0.4, 0.5) is 4.39 Å². The second-order valence-corrected chi connectivity index (χ2v) is 5.04. The average molecular weight is 302 g/mol. The van der Waals surface area contributed by atoms with E-state index in [9.17, 15) is 9.18 Å². The van der Waals surface area contributed by atoms with Crippen LogP contribution in [-0.2, 0) is 17.9 Å². The van der Waals surface area contributed by atoms with Gasteiger partial charge in [-0.3, -0.25) is 4.79 Å². The van der Waals surface area contributed by atoms with Crippen LogP contribution in [0.25, 0.3) is 0 Å². The predicted molar refractivity (Wildman–Crippen MR) is 82.7 cm³/mol. The second kappa shape index (κ2) is 7.56. The van der Waals surface area contributed by atoms with Crippen LogP contribution >= 0.6 is 0 Å². The monoisotopic (exact) mass is 302 g/mol. The van der Waals surface area contributed by atoms with Gasteiger partial charge in [-0.15, -0.1) is 0 Å². The van der Waals surface area contributed by atoms with Crippen molar-refractivity contribution in [3.63, 3.8) is 0 Å². The van der Waals surface area contributed by atoms with Crippen LogP contribution in [-0.4, -0.2) is 11.9 Å². The van der Waals surface area contributed by atoms with Gasteiger partial charge in [-0.2, -0.15) is 0 Å². The number of primary amides is 1. The van der Waals surface area contributed by atoms with Crippen molar-refractivity contribution < 1.29 is 13.9 Å². The number of hydrogen-bond donors (Lipinski definition) is 2. The van der Waals surface area contributed by atoms with E-state index in [4.69, 9.17) is 10.5 Å². The van der Waals surface area contributed by atoms with Crippen LogP contribution in [0.3, 0.4) is 0 Å². The summed E-state index contributed by atoms with van der Waals surface area (Å²) in [4.78, 5) is 11.0. The van der Waals surface area contributed by atoms with Crippen LogP contribution in [0, 0.1) is 5.82 Å². The molecule has 0 aliphatic rings. The Morgan fingerprint density at radius 2 is 1.95 bits per heavy atom. The number of halogens is 1. The standard InChI is InChI=1S/C17H19FN2O2/c1-12(17(19)21)20-10-13-5-4-6-14(9-13)11-22-16-8-3-2-7-15(16)18/h2-9,12,20H,10-11H2,1H3,(H2,19,21)/t12-/m0/s1. The van der Waals surface area contributed by atoms with Gasteiger partial charge in [-0.25, -0.2) is 4.39 Å². The Hall–Kier alpha value is -2.40. The minimum atomic E-state index is -0.390. The molecule has 116 valence electrons. The van der Waals surface area contributed by atoms with Gasteiger partial charge in [0.15, 0.2) is 11.6 Å². The third-order valence-corrected chi connectivity index (χ3v) is 3.26. The summed E-state index contributed by atoms with van der Waals surface area (Å²) in [5.74, 6) is -0.539. The van der Waals surface area contributed by atoms with E-state index in [0.717, 1.165) is 11.1 Å². The van der Waals surface area contributed by atoms with Crippen LogP contribution in [0.2, 0.25) is 0 Å². The molecule has 5 heteroatoms. The molecule has 0 saturated carbocycles. The molecule has 1 atom stereocenters. The number of carbonyl (C=O) groups excluding carboxylic acids is 1. The first-order chi connectivity index (χ1) is 10.6. The van der Waals surface area contributed by atoms with Gasteiger partial charge in [0.2, 0.25) is 5.91 Å². The highest BCUT2D eigenvalue weighted by atomic mass is 19.1. The summed E-state index contributed by atoms with van der Waals surface area (Å²) < 4.78 is 19.0. The molecule has 2 aromatic carbocycles. The zero-order valence-corrected chi connectivity index (χ0v) is 12.4. The summed E-state index contributed by atoms with van der Waals surface area (Å²) >= 11 is 0. The summed E-state index contributed by atoms with van der Waals surface area (Å²) in [6.45, 7) is 2.52. The van der Waals surface area contributed by atoms with Crippen molar-refractivity contribution in [3.05, 3.63) is 65.5 Å². The Bertz CT molecular complexity index is 646. The number of amides is 1. The van der Waals surface area contributed by atoms with E-state index in [1.807, 2.05) is 24.3 Å². The molecule has 0 saturated heterocycles. The van der Waals surface area contributed by atoms with Crippen molar-refractivity contribution in [2.24, 2.45) is 5.73 Å². The molecule has 0 radical (unpaired) electrons. The zero-order valence-electron chi connectivity index (χ0n) is 12.4. The number of para-hydroxylation sites is 1. The van der Waals surface area contributed by atoms with E-state index < -0.39 is 6.04 Å². The van der Waals surface area contributed by atoms with Gasteiger partial charge in [0, 0.05) is 6.54 Å². The number of benzene rings is 2. The highest BCUT2D eigenvalue weighted by molar-refractivity contribution is 5.79. The van der Waals surface area contributed by atoms with Crippen molar-refractivity contribution >= 4 is 5.91 Å². The molecule has 0 spiro atoms. The normalized spacial score (nSPS) is 11.9. The number of hydrogen-bond acceptors (Lipinski definition) is 3. The van der Waals surface area contributed by atoms with E-state index in [1.54, 1.807) is 25.1 Å². The lowest BCUT2D eigenvalue weighted by molar-refractivity contribution is -0.119. The Kier molecular flexibility index (Phi) is 5.49. The second-order valence-electron chi connectivity index (χ2n) is 5.04. The maximum atomic E-state index is 13.5. The Balaban J connectivity index is 1.94. The maximum absolute atomic E-state index is 13.5. The third-order valence-electron chi connectivity index (χ3n) is 3.26. The molecule has 2 aromatic rings. The lowest BCUT2D eigenvalue weighted by atomic mass is 10.1. The third kappa shape index (κ3) is 4.56. The van der Waals surface area contributed by atoms with Gasteiger partial charge in [0.25, 0.3) is 0 Å². The first kappa shape index (κ1) is 16.0. The molecule has 1 amide bonds. The highest BCUT2D eigenvalue weighted by Crippen LogP contribution is 2.17. The summed E-state index contributed by atoms with van der Waals surface area (Å²) in [7, 11) is 0. The average Bonchev–Trinajstić information content (AvgIpc) is 2.52. The Morgan fingerprint density at radius 1 is 1.23 bits per heavy atom. The quantitative estimate of drug-likeness (QED) is 0.825. The molecule has 0 fully saturated rings. The highest BCUT2D eigenvalue weighted by Gasteiger charge is 2.07. The molecule has 22 heavy (non-hydrogen) atoms. The lowest BCUT2D eigenvalue weighted by Gasteiger charge is -2.11. The van der Waals surface area contributed by atoms with Crippen LogP contribution in [0.1, 0.15) is 18.1 Å². The maximum Gasteiger partial charge on any atom is 0.234 e. The topological polar surface area (TPSA) is 64.3 Å². The molecule has 0 bridgehead atoms. The fourth-order valence-electron chi connectivity index (χ4n) is 1.92. The molecular weight excluding hydrogens is 283 g/mol. The number of carbonyl (C=O) groups is 1. The van der Waals surface area contributed by atoms with E-state index in [1.165, 1.54) is 6.07 Å². The van der Waals surface area contributed by atoms with E-state index in [2.05, 4.69) is 5.32 Å². The van der Waals surface area contributed by atoms with Gasteiger partial charge in [0.05, 0.1) is 6.04 Å². The Morgan fingerprint density at radius 3 is 2.68 bits per heavy atom. The molecule has 4 nitrogen and oxygen atoms in total. The largest absolute Gasteiger partial charge is 0.486 e. The van der Waals surface area contributed by atoms with Gasteiger partial charge in [0.1, 0.15) is 6.61 Å². The van der Waals surface area contributed by atoms with Gasteiger partial charge in [-0.05, 0) is 30.2 Å². The zero-order chi connectivity index (χ0) is 15.9. The predicted octanol–water partition coefficient (Wildman–Crippen LogP) is 2.37. The van der Waals surface area contributed by atoms with Crippen LogP contribution in [0.5, 0.6) is 5.75 Å². The van der Waals surface area contributed by atoms with Crippen molar-refractivity contribution in [2.45, 2.75) is 26.1 Å².